The van der Waals surface area contributed by atoms with Crippen LogP contribution < -0.4 is 5.32 Å². The smallest absolute Gasteiger partial charge is 0.291 e. The number of para-hydroxylation sites is 1. The Morgan fingerprint density at radius 2 is 1.65 bits per heavy atom. The van der Waals surface area contributed by atoms with Gasteiger partial charge in [-0.2, -0.15) is 0 Å². The maximum Gasteiger partial charge on any atom is 0.291 e. The predicted molar refractivity (Wildman–Crippen MR) is 120 cm³/mol. The van der Waals surface area contributed by atoms with Crippen molar-refractivity contribution < 1.29 is 4.79 Å². The molecule has 0 saturated carbocycles. The zero-order chi connectivity index (χ0) is 21.8. The van der Waals surface area contributed by atoms with E-state index in [4.69, 9.17) is 0 Å². The molecular weight excluding hydrogens is 386 g/mol. The van der Waals surface area contributed by atoms with E-state index in [9.17, 15) is 4.79 Å². The van der Waals surface area contributed by atoms with E-state index in [1.165, 1.54) is 0 Å². The second kappa shape index (κ2) is 8.92. The average Bonchev–Trinajstić information content (AvgIpc) is 3.20. The molecule has 2 aromatic heterocycles. The van der Waals surface area contributed by atoms with Gasteiger partial charge < -0.3 is 5.32 Å². The van der Waals surface area contributed by atoms with Crippen LogP contribution >= 0.6 is 0 Å². The molecule has 0 aliphatic carbocycles. The highest BCUT2D eigenvalue weighted by molar-refractivity contribution is 5.91. The number of hydrogen-bond donors (Lipinski definition) is 1. The normalized spacial score (nSPS) is 12.0. The molecule has 0 aliphatic rings. The van der Waals surface area contributed by atoms with Gasteiger partial charge in [0.15, 0.2) is 0 Å². The van der Waals surface area contributed by atoms with Crippen LogP contribution in [0.4, 0.5) is 0 Å². The fourth-order valence-corrected chi connectivity index (χ4v) is 3.60. The van der Waals surface area contributed by atoms with Crippen molar-refractivity contribution in [3.63, 3.8) is 0 Å². The molecule has 0 saturated heterocycles. The fraction of sp³-hybridized carbons (Fsp3) is 0.200. The lowest BCUT2D eigenvalue weighted by atomic mass is 10.0. The molecule has 6 nitrogen and oxygen atoms in total. The standard InChI is InChI=1S/C25H25N5O/c1-17(2)20-13-7-8-15-22(20)30-18(3)27-24(29-30)25(31)28-23(19-11-5-4-6-12-19)21-14-9-10-16-26-21/h4-17,23H,1-3H3,(H,28,31). The largest absolute Gasteiger partial charge is 0.337 e. The first-order valence-electron chi connectivity index (χ1n) is 10.3. The molecule has 156 valence electrons. The van der Waals surface area contributed by atoms with Gasteiger partial charge in [-0.15, -0.1) is 5.10 Å². The average molecular weight is 412 g/mol. The number of rotatable bonds is 6. The summed E-state index contributed by atoms with van der Waals surface area (Å²) >= 11 is 0. The second-order valence-electron chi connectivity index (χ2n) is 7.68. The van der Waals surface area contributed by atoms with E-state index >= 15 is 0 Å². The van der Waals surface area contributed by atoms with Crippen LogP contribution in [0.2, 0.25) is 0 Å². The molecular formula is C25H25N5O. The van der Waals surface area contributed by atoms with Gasteiger partial charge in [0.25, 0.3) is 5.91 Å². The Morgan fingerprint density at radius 3 is 2.35 bits per heavy atom. The van der Waals surface area contributed by atoms with Crippen LogP contribution in [0.1, 0.15) is 59.1 Å². The highest BCUT2D eigenvalue weighted by Crippen LogP contribution is 2.24. The molecule has 1 atom stereocenters. The number of nitrogens with zero attached hydrogens (tertiary/aromatic N) is 4. The number of pyridine rings is 1. The lowest BCUT2D eigenvalue weighted by molar-refractivity contribution is 0.0932. The first-order chi connectivity index (χ1) is 15.0. The maximum absolute atomic E-state index is 13.1. The van der Waals surface area contributed by atoms with Crippen LogP contribution in [-0.4, -0.2) is 25.7 Å². The highest BCUT2D eigenvalue weighted by Gasteiger charge is 2.23. The predicted octanol–water partition coefficient (Wildman–Crippen LogP) is 4.61. The fourth-order valence-electron chi connectivity index (χ4n) is 3.60. The molecule has 2 heterocycles. The summed E-state index contributed by atoms with van der Waals surface area (Å²) in [6, 6.07) is 23.1. The number of aromatic nitrogens is 4. The monoisotopic (exact) mass is 411 g/mol. The summed E-state index contributed by atoms with van der Waals surface area (Å²) in [7, 11) is 0. The Balaban J connectivity index is 1.66. The van der Waals surface area contributed by atoms with E-state index < -0.39 is 6.04 Å². The van der Waals surface area contributed by atoms with E-state index in [2.05, 4.69) is 40.3 Å². The molecule has 4 rings (SSSR count). The molecule has 1 amide bonds. The van der Waals surface area contributed by atoms with Crippen molar-refractivity contribution in [3.8, 4) is 5.69 Å². The van der Waals surface area contributed by atoms with E-state index in [0.717, 1.165) is 22.5 Å². The van der Waals surface area contributed by atoms with Crippen LogP contribution in [-0.2, 0) is 0 Å². The van der Waals surface area contributed by atoms with Crippen molar-refractivity contribution in [2.45, 2.75) is 32.7 Å². The minimum atomic E-state index is -0.398. The van der Waals surface area contributed by atoms with Crippen molar-refractivity contribution in [1.82, 2.24) is 25.1 Å². The van der Waals surface area contributed by atoms with Crippen LogP contribution in [0.25, 0.3) is 5.69 Å². The van der Waals surface area contributed by atoms with Crippen LogP contribution in [0.5, 0.6) is 0 Å². The first kappa shape index (κ1) is 20.5. The number of carbonyl (C=O) groups is 1. The lowest BCUT2D eigenvalue weighted by Gasteiger charge is -2.18. The minimum Gasteiger partial charge on any atom is -0.337 e. The second-order valence-corrected chi connectivity index (χ2v) is 7.68. The van der Waals surface area contributed by atoms with Crippen LogP contribution in [0, 0.1) is 6.92 Å². The Morgan fingerprint density at radius 1 is 0.935 bits per heavy atom. The van der Waals surface area contributed by atoms with E-state index in [1.54, 1.807) is 10.9 Å². The highest BCUT2D eigenvalue weighted by atomic mass is 16.2. The van der Waals surface area contributed by atoms with Gasteiger partial charge in [0.1, 0.15) is 5.82 Å². The van der Waals surface area contributed by atoms with E-state index in [1.807, 2.05) is 73.7 Å². The minimum absolute atomic E-state index is 0.132. The molecule has 0 aliphatic heterocycles. The molecule has 0 bridgehead atoms. The molecule has 6 heteroatoms. The lowest BCUT2D eigenvalue weighted by Crippen LogP contribution is -2.30. The first-order valence-corrected chi connectivity index (χ1v) is 10.3. The van der Waals surface area contributed by atoms with Crippen molar-refractivity contribution >= 4 is 5.91 Å². The zero-order valence-electron chi connectivity index (χ0n) is 17.9. The van der Waals surface area contributed by atoms with Crippen LogP contribution in [0.3, 0.4) is 0 Å². The zero-order valence-corrected chi connectivity index (χ0v) is 17.9. The molecule has 0 fully saturated rings. The Labute approximate surface area is 182 Å². The van der Waals surface area contributed by atoms with Gasteiger partial charge in [0, 0.05) is 6.20 Å². The maximum atomic E-state index is 13.1. The number of amides is 1. The molecule has 0 spiro atoms. The summed E-state index contributed by atoms with van der Waals surface area (Å²) < 4.78 is 1.74. The van der Waals surface area contributed by atoms with Crippen molar-refractivity contribution in [3.05, 3.63) is 107 Å². The van der Waals surface area contributed by atoms with Crippen molar-refractivity contribution in [2.75, 3.05) is 0 Å². The van der Waals surface area contributed by atoms with Gasteiger partial charge in [-0.25, -0.2) is 9.67 Å². The Bertz CT molecular complexity index is 1130. The number of hydrogen-bond acceptors (Lipinski definition) is 4. The third kappa shape index (κ3) is 4.38. The Kier molecular flexibility index (Phi) is 5.89. The van der Waals surface area contributed by atoms with Gasteiger partial charge in [-0.1, -0.05) is 68.4 Å². The topological polar surface area (TPSA) is 72.7 Å². The number of carbonyl (C=O) groups excluding carboxylic acids is 1. The quantitative estimate of drug-likeness (QED) is 0.503. The number of nitrogens with one attached hydrogen (secondary N) is 1. The van der Waals surface area contributed by atoms with Gasteiger partial charge in [-0.3, -0.25) is 9.78 Å². The summed E-state index contributed by atoms with van der Waals surface area (Å²) in [5.41, 5.74) is 3.78. The van der Waals surface area contributed by atoms with E-state index in [-0.39, 0.29) is 11.7 Å². The summed E-state index contributed by atoms with van der Waals surface area (Å²) in [5, 5.41) is 7.59. The summed E-state index contributed by atoms with van der Waals surface area (Å²) in [6.07, 6.45) is 1.72. The summed E-state index contributed by atoms with van der Waals surface area (Å²) in [5.74, 6) is 0.771. The van der Waals surface area contributed by atoms with Gasteiger partial charge in [-0.05, 0) is 42.2 Å². The summed E-state index contributed by atoms with van der Waals surface area (Å²) in [4.78, 5) is 22.0. The summed E-state index contributed by atoms with van der Waals surface area (Å²) in [6.45, 7) is 6.13. The molecule has 4 aromatic rings. The van der Waals surface area contributed by atoms with Gasteiger partial charge >= 0.3 is 0 Å². The van der Waals surface area contributed by atoms with Crippen LogP contribution in [0.15, 0.2) is 79.0 Å². The number of benzene rings is 2. The molecule has 1 unspecified atom stereocenters. The van der Waals surface area contributed by atoms with Crippen molar-refractivity contribution in [1.29, 1.82) is 0 Å². The van der Waals surface area contributed by atoms with E-state index in [0.29, 0.717) is 11.7 Å². The molecule has 2 aromatic carbocycles. The third-order valence-corrected chi connectivity index (χ3v) is 5.15. The molecule has 31 heavy (non-hydrogen) atoms. The molecule has 1 N–H and O–H groups in total. The van der Waals surface area contributed by atoms with Gasteiger partial charge in [0.2, 0.25) is 5.82 Å². The third-order valence-electron chi connectivity index (χ3n) is 5.15. The number of aryl methyl sites for hydroxylation is 1. The molecule has 0 radical (unpaired) electrons. The van der Waals surface area contributed by atoms with Crippen molar-refractivity contribution in [2.24, 2.45) is 0 Å². The SMILES string of the molecule is Cc1nc(C(=O)NC(c2ccccc2)c2ccccn2)nn1-c1ccccc1C(C)C. The van der Waals surface area contributed by atoms with Gasteiger partial charge in [0.05, 0.1) is 17.4 Å². The Hall–Kier alpha value is -3.80.